The number of hydrogen-bond donors (Lipinski definition) is 0. The van der Waals surface area contributed by atoms with Gasteiger partial charge >= 0.3 is 0 Å². The van der Waals surface area contributed by atoms with Crippen molar-refractivity contribution in [2.45, 2.75) is 51.9 Å². The van der Waals surface area contributed by atoms with Gasteiger partial charge in [-0.25, -0.2) is 0 Å². The number of benzene rings is 1. The van der Waals surface area contributed by atoms with Crippen LogP contribution in [0.3, 0.4) is 0 Å². The van der Waals surface area contributed by atoms with E-state index < -0.39 is 0 Å². The maximum absolute atomic E-state index is 2.31. The third-order valence-corrected chi connectivity index (χ3v) is 3.12. The van der Waals surface area contributed by atoms with Gasteiger partial charge in [-0.2, -0.15) is 0 Å². The Hall–Kier alpha value is -0.780. The average molecular weight is 188 g/mol. The minimum atomic E-state index is 0.296. The first-order valence-corrected chi connectivity index (χ1v) is 5.60. The summed E-state index contributed by atoms with van der Waals surface area (Å²) in [6.07, 6.45) is 2.79. The van der Waals surface area contributed by atoms with E-state index in [1.54, 1.807) is 11.1 Å². The molecule has 14 heavy (non-hydrogen) atoms. The van der Waals surface area contributed by atoms with Crippen molar-refractivity contribution < 1.29 is 0 Å². The van der Waals surface area contributed by atoms with Gasteiger partial charge in [-0.05, 0) is 47.8 Å². The quantitative estimate of drug-likeness (QED) is 0.620. The molecule has 1 fully saturated rings. The molecule has 0 aliphatic heterocycles. The van der Waals surface area contributed by atoms with E-state index in [9.17, 15) is 0 Å². The highest BCUT2D eigenvalue weighted by molar-refractivity contribution is 5.43. The second kappa shape index (κ2) is 3.12. The first-order valence-electron chi connectivity index (χ1n) is 5.60. The highest BCUT2D eigenvalue weighted by atomic mass is 14.3. The van der Waals surface area contributed by atoms with Crippen molar-refractivity contribution in [3.8, 4) is 0 Å². The van der Waals surface area contributed by atoms with Crippen molar-refractivity contribution in [2.24, 2.45) is 0 Å². The predicted octanol–water partition coefficient (Wildman–Crippen LogP) is 4.17. The summed E-state index contributed by atoms with van der Waals surface area (Å²) in [5.74, 6) is 0.866. The summed E-state index contributed by atoms with van der Waals surface area (Å²) >= 11 is 0. The van der Waals surface area contributed by atoms with Gasteiger partial charge in [-0.3, -0.25) is 0 Å². The third kappa shape index (κ3) is 1.70. The van der Waals surface area contributed by atoms with Crippen LogP contribution < -0.4 is 0 Å². The molecule has 0 bridgehead atoms. The largest absolute Gasteiger partial charge is 0.0617 e. The minimum absolute atomic E-state index is 0.296. The molecular formula is C14H20. The van der Waals surface area contributed by atoms with Gasteiger partial charge in [0.05, 0.1) is 0 Å². The Morgan fingerprint density at radius 3 is 2.29 bits per heavy atom. The smallest absolute Gasteiger partial charge is 0.0129 e. The fourth-order valence-electron chi connectivity index (χ4n) is 2.25. The molecule has 0 N–H and O–H groups in total. The van der Waals surface area contributed by atoms with Gasteiger partial charge in [0, 0.05) is 0 Å². The highest BCUT2D eigenvalue weighted by Gasteiger charge is 2.30. The Bertz CT molecular complexity index is 338. The van der Waals surface area contributed by atoms with Gasteiger partial charge in [-0.1, -0.05) is 39.0 Å². The maximum Gasteiger partial charge on any atom is -0.0129 e. The monoisotopic (exact) mass is 188 g/mol. The van der Waals surface area contributed by atoms with Crippen LogP contribution in [0.15, 0.2) is 18.2 Å². The molecule has 0 amide bonds. The van der Waals surface area contributed by atoms with Crippen molar-refractivity contribution >= 4 is 0 Å². The van der Waals surface area contributed by atoms with Gasteiger partial charge in [0.1, 0.15) is 0 Å². The van der Waals surface area contributed by atoms with Crippen molar-refractivity contribution in [3.05, 3.63) is 34.9 Å². The molecule has 1 aromatic rings. The first-order chi connectivity index (χ1) is 6.50. The molecule has 2 rings (SSSR count). The third-order valence-electron chi connectivity index (χ3n) is 3.12. The second-order valence-corrected chi connectivity index (χ2v) is 5.56. The SMILES string of the molecule is Cc1cccc(C(C)(C)C)c1C1CC1. The lowest BCUT2D eigenvalue weighted by molar-refractivity contribution is 0.582. The summed E-state index contributed by atoms with van der Waals surface area (Å²) in [4.78, 5) is 0. The van der Waals surface area contributed by atoms with Gasteiger partial charge < -0.3 is 0 Å². The Morgan fingerprint density at radius 2 is 1.79 bits per heavy atom. The number of aryl methyl sites for hydroxylation is 1. The Kier molecular flexibility index (Phi) is 2.17. The van der Waals surface area contributed by atoms with Gasteiger partial charge in [0.15, 0.2) is 0 Å². The molecule has 1 saturated carbocycles. The summed E-state index contributed by atoms with van der Waals surface area (Å²) < 4.78 is 0. The van der Waals surface area contributed by atoms with Crippen molar-refractivity contribution in [3.63, 3.8) is 0 Å². The zero-order valence-corrected chi connectivity index (χ0v) is 9.72. The molecule has 1 aromatic carbocycles. The molecule has 76 valence electrons. The lowest BCUT2D eigenvalue weighted by atomic mass is 9.81. The summed E-state index contributed by atoms with van der Waals surface area (Å²) in [6.45, 7) is 9.19. The van der Waals surface area contributed by atoms with Crippen molar-refractivity contribution in [2.75, 3.05) is 0 Å². The molecule has 0 aromatic heterocycles. The van der Waals surface area contributed by atoms with Gasteiger partial charge in [0.25, 0.3) is 0 Å². The maximum atomic E-state index is 2.31. The molecule has 1 aliphatic carbocycles. The second-order valence-electron chi connectivity index (χ2n) is 5.56. The lowest BCUT2D eigenvalue weighted by Crippen LogP contribution is -2.14. The van der Waals surface area contributed by atoms with Crippen LogP contribution in [-0.4, -0.2) is 0 Å². The molecule has 0 heteroatoms. The zero-order valence-electron chi connectivity index (χ0n) is 9.72. The van der Waals surface area contributed by atoms with E-state index in [4.69, 9.17) is 0 Å². The minimum Gasteiger partial charge on any atom is -0.0617 e. The van der Waals surface area contributed by atoms with E-state index in [2.05, 4.69) is 45.9 Å². The first kappa shape index (κ1) is 9.76. The summed E-state index contributed by atoms with van der Waals surface area (Å²) in [7, 11) is 0. The van der Waals surface area contributed by atoms with Crippen molar-refractivity contribution in [1.82, 2.24) is 0 Å². The fourth-order valence-corrected chi connectivity index (χ4v) is 2.25. The normalized spacial score (nSPS) is 17.1. The molecule has 1 aliphatic rings. The molecule has 0 spiro atoms. The number of rotatable bonds is 1. The van der Waals surface area contributed by atoms with Crippen molar-refractivity contribution in [1.29, 1.82) is 0 Å². The zero-order chi connectivity index (χ0) is 10.3. The van der Waals surface area contributed by atoms with E-state index in [1.165, 1.54) is 18.4 Å². The molecule has 0 radical (unpaired) electrons. The molecule has 0 atom stereocenters. The summed E-state index contributed by atoms with van der Waals surface area (Å²) in [5.41, 5.74) is 4.98. The topological polar surface area (TPSA) is 0 Å². The Morgan fingerprint density at radius 1 is 1.14 bits per heavy atom. The van der Waals surface area contributed by atoms with Crippen LogP contribution in [0.25, 0.3) is 0 Å². The van der Waals surface area contributed by atoms with Crippen LogP contribution in [0.4, 0.5) is 0 Å². The molecule has 0 heterocycles. The predicted molar refractivity (Wildman–Crippen MR) is 61.9 cm³/mol. The lowest BCUT2D eigenvalue weighted by Gasteiger charge is -2.24. The van der Waals surface area contributed by atoms with Crippen LogP contribution >= 0.6 is 0 Å². The van der Waals surface area contributed by atoms with Crippen LogP contribution in [0.1, 0.15) is 56.2 Å². The van der Waals surface area contributed by atoms with E-state index >= 15 is 0 Å². The van der Waals surface area contributed by atoms with Gasteiger partial charge in [-0.15, -0.1) is 0 Å². The van der Waals surface area contributed by atoms with Crippen LogP contribution in [0.5, 0.6) is 0 Å². The average Bonchev–Trinajstić information content (AvgIpc) is 2.85. The van der Waals surface area contributed by atoms with E-state index in [0.717, 1.165) is 5.92 Å². The van der Waals surface area contributed by atoms with E-state index in [1.807, 2.05) is 0 Å². The van der Waals surface area contributed by atoms with Crippen LogP contribution in [-0.2, 0) is 5.41 Å². The molecular weight excluding hydrogens is 168 g/mol. The fraction of sp³-hybridized carbons (Fsp3) is 0.571. The number of hydrogen-bond acceptors (Lipinski definition) is 0. The van der Waals surface area contributed by atoms with Gasteiger partial charge in [0.2, 0.25) is 0 Å². The molecule has 0 unspecified atom stereocenters. The molecule has 0 nitrogen and oxygen atoms in total. The Balaban J connectivity index is 2.53. The van der Waals surface area contributed by atoms with E-state index in [-0.39, 0.29) is 0 Å². The summed E-state index contributed by atoms with van der Waals surface area (Å²) in [6, 6.07) is 6.76. The highest BCUT2D eigenvalue weighted by Crippen LogP contribution is 2.45. The standard InChI is InChI=1S/C14H20/c1-10-6-5-7-12(14(2,3)4)13(10)11-8-9-11/h5-7,11H,8-9H2,1-4H3. The van der Waals surface area contributed by atoms with Crippen LogP contribution in [0, 0.1) is 6.92 Å². The molecule has 0 saturated heterocycles. The summed E-state index contributed by atoms with van der Waals surface area (Å²) in [5, 5.41) is 0. The Labute approximate surface area is 87.3 Å². The van der Waals surface area contributed by atoms with Crippen LogP contribution in [0.2, 0.25) is 0 Å². The van der Waals surface area contributed by atoms with E-state index in [0.29, 0.717) is 5.41 Å².